The second kappa shape index (κ2) is 10.2. The van der Waals surface area contributed by atoms with Crippen molar-refractivity contribution in [1.29, 1.82) is 0 Å². The van der Waals surface area contributed by atoms with Gasteiger partial charge in [0.25, 0.3) is 11.8 Å². The molecular weight excluding hydrogens is 398 g/mol. The van der Waals surface area contributed by atoms with Gasteiger partial charge < -0.3 is 10.1 Å². The molecule has 0 bridgehead atoms. The molecule has 2 aromatic carbocycles. The van der Waals surface area contributed by atoms with Crippen molar-refractivity contribution in [3.63, 3.8) is 0 Å². The van der Waals surface area contributed by atoms with Crippen molar-refractivity contribution in [2.24, 2.45) is 5.10 Å². The first kappa shape index (κ1) is 21.0. The summed E-state index contributed by atoms with van der Waals surface area (Å²) in [6, 6.07) is 17.8. The van der Waals surface area contributed by atoms with Gasteiger partial charge in [0.15, 0.2) is 0 Å². The van der Waals surface area contributed by atoms with Crippen molar-refractivity contribution >= 4 is 35.4 Å². The molecule has 0 atom stereocenters. The van der Waals surface area contributed by atoms with Crippen LogP contribution in [0.1, 0.15) is 26.4 Å². The van der Waals surface area contributed by atoms with Gasteiger partial charge in [0.1, 0.15) is 11.4 Å². The molecule has 0 aliphatic carbocycles. The molecule has 3 aromatic rings. The molecule has 6 nitrogen and oxygen atoms in total. The summed E-state index contributed by atoms with van der Waals surface area (Å²) in [6.07, 6.45) is 3.17. The van der Waals surface area contributed by atoms with Gasteiger partial charge in [0, 0.05) is 10.4 Å². The number of hydrazone groups is 1. The Bertz CT molecular complexity index is 1070. The van der Waals surface area contributed by atoms with Gasteiger partial charge in [-0.3, -0.25) is 9.59 Å². The molecule has 2 amide bonds. The highest BCUT2D eigenvalue weighted by atomic mass is 32.1. The van der Waals surface area contributed by atoms with E-state index in [4.69, 9.17) is 4.74 Å². The van der Waals surface area contributed by atoms with Crippen LogP contribution in [0.25, 0.3) is 6.08 Å². The van der Waals surface area contributed by atoms with Crippen molar-refractivity contribution in [3.8, 4) is 5.75 Å². The van der Waals surface area contributed by atoms with Crippen LogP contribution in [0.4, 0.5) is 0 Å². The molecule has 2 N–H and O–H groups in total. The lowest BCUT2D eigenvalue weighted by atomic mass is 10.1. The maximum absolute atomic E-state index is 12.7. The van der Waals surface area contributed by atoms with E-state index >= 15 is 0 Å². The predicted octanol–water partition coefficient (Wildman–Crippen LogP) is 3.99. The smallest absolute Gasteiger partial charge is 0.287 e. The van der Waals surface area contributed by atoms with Crippen molar-refractivity contribution in [2.45, 2.75) is 6.92 Å². The fraction of sp³-hybridized carbons (Fsp3) is 0.0870. The van der Waals surface area contributed by atoms with Gasteiger partial charge in [0.2, 0.25) is 0 Å². The van der Waals surface area contributed by atoms with E-state index in [1.54, 1.807) is 67.9 Å². The number of amides is 2. The Labute approximate surface area is 178 Å². The summed E-state index contributed by atoms with van der Waals surface area (Å²) in [5.74, 6) is -0.216. The van der Waals surface area contributed by atoms with E-state index in [-0.39, 0.29) is 11.6 Å². The average Bonchev–Trinajstić information content (AvgIpc) is 3.19. The van der Waals surface area contributed by atoms with Crippen molar-refractivity contribution in [3.05, 3.63) is 93.3 Å². The number of nitrogens with zero attached hydrogens (tertiary/aromatic N) is 1. The van der Waals surface area contributed by atoms with Crippen LogP contribution in [0.3, 0.4) is 0 Å². The first-order chi connectivity index (χ1) is 14.6. The predicted molar refractivity (Wildman–Crippen MR) is 120 cm³/mol. The van der Waals surface area contributed by atoms with E-state index in [9.17, 15) is 9.59 Å². The number of nitrogens with one attached hydrogen (secondary N) is 2. The summed E-state index contributed by atoms with van der Waals surface area (Å²) in [6.45, 7) is 1.97. The number of carbonyl (C=O) groups excluding carboxylic acids is 2. The molecule has 1 aromatic heterocycles. The van der Waals surface area contributed by atoms with E-state index in [1.807, 2.05) is 24.4 Å². The molecular formula is C23H21N3O3S. The highest BCUT2D eigenvalue weighted by molar-refractivity contribution is 7.11. The SMILES string of the molecule is COc1ccc(/C=C(\NC(=O)c2ccccc2)C(=O)N/N=C/c2sccc2C)cc1. The molecule has 0 radical (unpaired) electrons. The molecule has 7 heteroatoms. The van der Waals surface area contributed by atoms with Crippen LogP contribution in [0.5, 0.6) is 5.75 Å². The molecule has 30 heavy (non-hydrogen) atoms. The highest BCUT2D eigenvalue weighted by Crippen LogP contribution is 2.14. The summed E-state index contributed by atoms with van der Waals surface area (Å²) >= 11 is 1.53. The third-order valence-electron chi connectivity index (χ3n) is 4.21. The monoisotopic (exact) mass is 419 g/mol. The summed E-state index contributed by atoms with van der Waals surface area (Å²) in [7, 11) is 1.58. The molecule has 0 aliphatic heterocycles. The van der Waals surface area contributed by atoms with Gasteiger partial charge in [0.05, 0.1) is 13.3 Å². The van der Waals surface area contributed by atoms with E-state index in [1.165, 1.54) is 11.3 Å². The summed E-state index contributed by atoms with van der Waals surface area (Å²) in [4.78, 5) is 26.2. The van der Waals surface area contributed by atoms with Crippen LogP contribution in [0, 0.1) is 6.92 Å². The topological polar surface area (TPSA) is 79.8 Å². The van der Waals surface area contributed by atoms with Crippen LogP contribution in [-0.4, -0.2) is 25.1 Å². The average molecular weight is 420 g/mol. The van der Waals surface area contributed by atoms with Gasteiger partial charge in [-0.05, 0) is 59.8 Å². The van der Waals surface area contributed by atoms with Gasteiger partial charge in [-0.15, -0.1) is 11.3 Å². The fourth-order valence-corrected chi connectivity index (χ4v) is 3.32. The lowest BCUT2D eigenvalue weighted by Gasteiger charge is -2.09. The largest absolute Gasteiger partial charge is 0.497 e. The first-order valence-corrected chi connectivity index (χ1v) is 10.0. The molecule has 0 fully saturated rings. The fourth-order valence-electron chi connectivity index (χ4n) is 2.54. The molecule has 3 rings (SSSR count). The number of carbonyl (C=O) groups is 2. The number of hydrogen-bond acceptors (Lipinski definition) is 5. The van der Waals surface area contributed by atoms with Gasteiger partial charge in [-0.1, -0.05) is 30.3 Å². The molecule has 0 saturated carbocycles. The number of methoxy groups -OCH3 is 1. The third kappa shape index (κ3) is 5.65. The lowest BCUT2D eigenvalue weighted by molar-refractivity contribution is -0.117. The number of benzene rings is 2. The normalized spacial score (nSPS) is 11.3. The van der Waals surface area contributed by atoms with E-state index < -0.39 is 5.91 Å². The van der Waals surface area contributed by atoms with Crippen molar-refractivity contribution < 1.29 is 14.3 Å². The third-order valence-corrected chi connectivity index (χ3v) is 5.16. The molecule has 152 valence electrons. The Kier molecular flexibility index (Phi) is 7.13. The van der Waals surface area contributed by atoms with Crippen LogP contribution >= 0.6 is 11.3 Å². The Balaban J connectivity index is 1.81. The maximum Gasteiger partial charge on any atom is 0.287 e. The van der Waals surface area contributed by atoms with E-state index in [0.717, 1.165) is 16.0 Å². The zero-order chi connectivity index (χ0) is 21.3. The second-order valence-corrected chi connectivity index (χ2v) is 7.27. The quantitative estimate of drug-likeness (QED) is 0.345. The Hall–Kier alpha value is -3.71. The van der Waals surface area contributed by atoms with Crippen molar-refractivity contribution in [2.75, 3.05) is 7.11 Å². The Morgan fingerprint density at radius 2 is 1.77 bits per heavy atom. The Morgan fingerprint density at radius 1 is 1.03 bits per heavy atom. The van der Waals surface area contributed by atoms with Gasteiger partial charge >= 0.3 is 0 Å². The molecule has 0 aliphatic rings. The van der Waals surface area contributed by atoms with E-state index in [0.29, 0.717) is 11.3 Å². The minimum absolute atomic E-state index is 0.0778. The Morgan fingerprint density at radius 3 is 2.40 bits per heavy atom. The van der Waals surface area contributed by atoms with Crippen LogP contribution in [0.15, 0.2) is 76.8 Å². The van der Waals surface area contributed by atoms with Crippen LogP contribution in [0.2, 0.25) is 0 Å². The summed E-state index contributed by atoms with van der Waals surface area (Å²) in [5.41, 5.74) is 4.81. The standard InChI is InChI=1S/C23H21N3O3S/c1-16-12-13-30-21(16)15-24-26-23(28)20(14-17-8-10-19(29-2)11-9-17)25-22(27)18-6-4-3-5-7-18/h3-15H,1-2H3,(H,25,27)(H,26,28)/b20-14-,24-15+. The number of thiophene rings is 1. The summed E-state index contributed by atoms with van der Waals surface area (Å²) < 4.78 is 5.15. The zero-order valence-corrected chi connectivity index (χ0v) is 17.4. The minimum Gasteiger partial charge on any atom is -0.497 e. The summed E-state index contributed by atoms with van der Waals surface area (Å²) in [5, 5.41) is 8.64. The number of aryl methyl sites for hydroxylation is 1. The van der Waals surface area contributed by atoms with Crippen LogP contribution < -0.4 is 15.5 Å². The number of rotatable bonds is 7. The molecule has 0 saturated heterocycles. The van der Waals surface area contributed by atoms with Crippen molar-refractivity contribution in [1.82, 2.24) is 10.7 Å². The number of hydrogen-bond donors (Lipinski definition) is 2. The molecule has 0 spiro atoms. The van der Waals surface area contributed by atoms with Gasteiger partial charge in [-0.2, -0.15) is 5.10 Å². The van der Waals surface area contributed by atoms with Gasteiger partial charge in [-0.25, -0.2) is 5.43 Å². The highest BCUT2D eigenvalue weighted by Gasteiger charge is 2.14. The van der Waals surface area contributed by atoms with E-state index in [2.05, 4.69) is 15.8 Å². The number of ether oxygens (including phenoxy) is 1. The lowest BCUT2D eigenvalue weighted by Crippen LogP contribution is -2.32. The maximum atomic E-state index is 12.7. The molecule has 1 heterocycles. The second-order valence-electron chi connectivity index (χ2n) is 6.32. The zero-order valence-electron chi connectivity index (χ0n) is 16.6. The first-order valence-electron chi connectivity index (χ1n) is 9.16. The van der Waals surface area contributed by atoms with Crippen LogP contribution in [-0.2, 0) is 4.79 Å². The minimum atomic E-state index is -0.527. The molecule has 0 unspecified atom stereocenters.